The molecule has 1 atom stereocenters. The molecule has 1 heterocycles. The first-order chi connectivity index (χ1) is 8.61. The lowest BCUT2D eigenvalue weighted by Gasteiger charge is -2.14. The Hall–Kier alpha value is -1.94. The molecule has 0 aliphatic carbocycles. The van der Waals surface area contributed by atoms with Crippen molar-refractivity contribution in [1.82, 2.24) is 9.97 Å². The predicted octanol–water partition coefficient (Wildman–Crippen LogP) is 2.18. The number of aliphatic hydroxyl groups excluding tert-OH is 1. The highest BCUT2D eigenvalue weighted by Gasteiger charge is 2.15. The average molecular weight is 244 g/mol. The molecular formula is C14H16N2O2. The number of aromatic nitrogens is 2. The van der Waals surface area contributed by atoms with Crippen LogP contribution >= 0.6 is 0 Å². The van der Waals surface area contributed by atoms with E-state index < -0.39 is 6.10 Å². The summed E-state index contributed by atoms with van der Waals surface area (Å²) in [4.78, 5) is 8.02. The van der Waals surface area contributed by atoms with Crippen LogP contribution in [0.1, 0.15) is 28.5 Å². The molecule has 0 aliphatic heterocycles. The largest absolute Gasteiger partial charge is 0.481 e. The summed E-state index contributed by atoms with van der Waals surface area (Å²) in [6.45, 7) is 3.96. The van der Waals surface area contributed by atoms with E-state index in [1.165, 1.54) is 13.4 Å². The molecule has 2 rings (SSSR count). The van der Waals surface area contributed by atoms with Crippen LogP contribution in [0.2, 0.25) is 0 Å². The molecule has 0 bridgehead atoms. The van der Waals surface area contributed by atoms with Gasteiger partial charge in [0.25, 0.3) is 0 Å². The van der Waals surface area contributed by atoms with Crippen LogP contribution in [-0.2, 0) is 0 Å². The molecule has 2 aromatic rings. The van der Waals surface area contributed by atoms with Crippen LogP contribution < -0.4 is 4.74 Å². The number of hydrogen-bond acceptors (Lipinski definition) is 4. The monoisotopic (exact) mass is 244 g/mol. The van der Waals surface area contributed by atoms with Gasteiger partial charge in [0.15, 0.2) is 0 Å². The minimum Gasteiger partial charge on any atom is -0.481 e. The lowest BCUT2D eigenvalue weighted by molar-refractivity contribution is 0.213. The van der Waals surface area contributed by atoms with Crippen LogP contribution in [0.3, 0.4) is 0 Å². The lowest BCUT2D eigenvalue weighted by atomic mass is 9.99. The summed E-state index contributed by atoms with van der Waals surface area (Å²) in [5, 5.41) is 10.4. The highest BCUT2D eigenvalue weighted by molar-refractivity contribution is 5.36. The molecule has 0 radical (unpaired) electrons. The first kappa shape index (κ1) is 12.5. The first-order valence-corrected chi connectivity index (χ1v) is 5.73. The van der Waals surface area contributed by atoms with E-state index in [0.717, 1.165) is 16.7 Å². The van der Waals surface area contributed by atoms with E-state index in [1.807, 2.05) is 32.0 Å². The molecule has 0 spiro atoms. The highest BCUT2D eigenvalue weighted by Crippen LogP contribution is 2.25. The summed E-state index contributed by atoms with van der Waals surface area (Å²) in [6.07, 6.45) is 0.629. The summed E-state index contributed by atoms with van der Waals surface area (Å²) in [7, 11) is 1.54. The summed E-state index contributed by atoms with van der Waals surface area (Å²) in [6, 6.07) is 7.62. The van der Waals surface area contributed by atoms with E-state index in [-0.39, 0.29) is 0 Å². The smallest absolute Gasteiger partial charge is 0.216 e. The number of rotatable bonds is 3. The molecule has 0 aliphatic rings. The predicted molar refractivity (Wildman–Crippen MR) is 68.6 cm³/mol. The van der Waals surface area contributed by atoms with Gasteiger partial charge in [0.1, 0.15) is 12.4 Å². The van der Waals surface area contributed by atoms with Crippen molar-refractivity contribution < 1.29 is 9.84 Å². The Morgan fingerprint density at radius 2 is 1.94 bits per heavy atom. The molecule has 94 valence electrons. The normalized spacial score (nSPS) is 12.2. The second-order valence-electron chi connectivity index (χ2n) is 4.25. The second kappa shape index (κ2) is 5.14. The van der Waals surface area contributed by atoms with Gasteiger partial charge in [0, 0.05) is 6.07 Å². The molecule has 1 aromatic heterocycles. The Bertz CT molecular complexity index is 555. The zero-order valence-corrected chi connectivity index (χ0v) is 10.7. The standard InChI is InChI=1S/C14H16N2O2/c1-9-4-5-10(2)11(6-9)14(17)12-7-13(18-3)16-8-15-12/h4-8,14,17H,1-3H3. The van der Waals surface area contributed by atoms with Crippen molar-refractivity contribution in [3.8, 4) is 5.88 Å². The third-order valence-electron chi connectivity index (χ3n) is 2.88. The maximum atomic E-state index is 10.4. The molecule has 0 saturated heterocycles. The number of hydrogen-bond donors (Lipinski definition) is 1. The Kier molecular flexibility index (Phi) is 3.58. The number of benzene rings is 1. The Morgan fingerprint density at radius 1 is 1.17 bits per heavy atom. The maximum Gasteiger partial charge on any atom is 0.216 e. The fraction of sp³-hybridized carbons (Fsp3) is 0.286. The van der Waals surface area contributed by atoms with Crippen molar-refractivity contribution in [2.45, 2.75) is 20.0 Å². The summed E-state index contributed by atoms with van der Waals surface area (Å²) >= 11 is 0. The fourth-order valence-corrected chi connectivity index (χ4v) is 1.83. The minimum absolute atomic E-state index is 0.448. The molecular weight excluding hydrogens is 228 g/mol. The van der Waals surface area contributed by atoms with Crippen LogP contribution in [0.25, 0.3) is 0 Å². The quantitative estimate of drug-likeness (QED) is 0.899. The van der Waals surface area contributed by atoms with E-state index in [4.69, 9.17) is 4.74 Å². The summed E-state index contributed by atoms with van der Waals surface area (Å²) in [5.41, 5.74) is 3.53. The zero-order chi connectivity index (χ0) is 13.1. The van der Waals surface area contributed by atoms with Crippen molar-refractivity contribution in [2.24, 2.45) is 0 Å². The SMILES string of the molecule is COc1cc(C(O)c2cc(C)ccc2C)ncn1. The first-order valence-electron chi connectivity index (χ1n) is 5.73. The van der Waals surface area contributed by atoms with Crippen LogP contribution in [0.5, 0.6) is 5.88 Å². The van der Waals surface area contributed by atoms with Gasteiger partial charge in [-0.1, -0.05) is 23.8 Å². The van der Waals surface area contributed by atoms with Gasteiger partial charge in [-0.2, -0.15) is 0 Å². The maximum absolute atomic E-state index is 10.4. The van der Waals surface area contributed by atoms with Crippen molar-refractivity contribution in [3.63, 3.8) is 0 Å². The van der Waals surface area contributed by atoms with E-state index in [1.54, 1.807) is 6.07 Å². The van der Waals surface area contributed by atoms with Gasteiger partial charge < -0.3 is 9.84 Å². The number of nitrogens with zero attached hydrogens (tertiary/aromatic N) is 2. The van der Waals surface area contributed by atoms with Crippen LogP contribution in [0.4, 0.5) is 0 Å². The van der Waals surface area contributed by atoms with Gasteiger partial charge in [0.05, 0.1) is 12.8 Å². The van der Waals surface area contributed by atoms with E-state index in [0.29, 0.717) is 11.6 Å². The Morgan fingerprint density at radius 3 is 2.67 bits per heavy atom. The molecule has 4 nitrogen and oxygen atoms in total. The molecule has 0 fully saturated rings. The van der Waals surface area contributed by atoms with Gasteiger partial charge in [-0.3, -0.25) is 0 Å². The fourth-order valence-electron chi connectivity index (χ4n) is 1.83. The van der Waals surface area contributed by atoms with Gasteiger partial charge in [-0.25, -0.2) is 9.97 Å². The summed E-state index contributed by atoms with van der Waals surface area (Å²) in [5.74, 6) is 0.448. The average Bonchev–Trinajstić information content (AvgIpc) is 2.41. The van der Waals surface area contributed by atoms with Crippen molar-refractivity contribution >= 4 is 0 Å². The third kappa shape index (κ3) is 2.49. The van der Waals surface area contributed by atoms with Crippen molar-refractivity contribution in [2.75, 3.05) is 7.11 Å². The number of aliphatic hydroxyl groups is 1. The third-order valence-corrected chi connectivity index (χ3v) is 2.88. The summed E-state index contributed by atoms with van der Waals surface area (Å²) < 4.78 is 5.03. The van der Waals surface area contributed by atoms with Gasteiger partial charge >= 0.3 is 0 Å². The van der Waals surface area contributed by atoms with Crippen LogP contribution in [0, 0.1) is 13.8 Å². The number of ether oxygens (including phenoxy) is 1. The molecule has 0 saturated carbocycles. The second-order valence-corrected chi connectivity index (χ2v) is 4.25. The zero-order valence-electron chi connectivity index (χ0n) is 10.7. The minimum atomic E-state index is -0.762. The number of aryl methyl sites for hydroxylation is 2. The highest BCUT2D eigenvalue weighted by atomic mass is 16.5. The van der Waals surface area contributed by atoms with E-state index in [2.05, 4.69) is 9.97 Å². The van der Waals surface area contributed by atoms with Gasteiger partial charge in [0.2, 0.25) is 5.88 Å². The topological polar surface area (TPSA) is 55.2 Å². The molecule has 18 heavy (non-hydrogen) atoms. The molecule has 4 heteroatoms. The Labute approximate surface area is 106 Å². The number of methoxy groups -OCH3 is 1. The van der Waals surface area contributed by atoms with E-state index >= 15 is 0 Å². The lowest BCUT2D eigenvalue weighted by Crippen LogP contribution is -2.05. The van der Waals surface area contributed by atoms with Crippen LogP contribution in [-0.4, -0.2) is 22.2 Å². The molecule has 1 aromatic carbocycles. The van der Waals surface area contributed by atoms with Crippen molar-refractivity contribution in [3.05, 3.63) is 53.0 Å². The van der Waals surface area contributed by atoms with E-state index in [9.17, 15) is 5.11 Å². The molecule has 0 amide bonds. The van der Waals surface area contributed by atoms with Crippen LogP contribution in [0.15, 0.2) is 30.6 Å². The molecule has 1 N–H and O–H groups in total. The van der Waals surface area contributed by atoms with Crippen molar-refractivity contribution in [1.29, 1.82) is 0 Å². The molecule has 1 unspecified atom stereocenters. The van der Waals surface area contributed by atoms with Gasteiger partial charge in [-0.05, 0) is 25.0 Å². The van der Waals surface area contributed by atoms with Gasteiger partial charge in [-0.15, -0.1) is 0 Å². The Balaban J connectivity index is 2.40.